The van der Waals surface area contributed by atoms with Crippen LogP contribution >= 0.6 is 0 Å². The quantitative estimate of drug-likeness (QED) is 0.758. The lowest BCUT2D eigenvalue weighted by molar-refractivity contribution is -0.119. The Morgan fingerprint density at radius 3 is 2.36 bits per heavy atom. The Bertz CT molecular complexity index is 977. The van der Waals surface area contributed by atoms with E-state index >= 15 is 0 Å². The van der Waals surface area contributed by atoms with E-state index in [1.54, 1.807) is 19.1 Å². The van der Waals surface area contributed by atoms with E-state index in [2.05, 4.69) is 5.16 Å². The number of carbonyl (C=O) groups is 1. The van der Waals surface area contributed by atoms with Crippen LogP contribution < -0.4 is 4.72 Å². The lowest BCUT2D eigenvalue weighted by Gasteiger charge is -2.07. The maximum absolute atomic E-state index is 12.1. The molecule has 1 heterocycles. The second kappa shape index (κ2) is 6.90. The Kier molecular flexibility index (Phi) is 4.67. The van der Waals surface area contributed by atoms with Crippen LogP contribution in [0, 0.1) is 0 Å². The van der Waals surface area contributed by atoms with E-state index in [4.69, 9.17) is 4.52 Å². The molecule has 0 spiro atoms. The van der Waals surface area contributed by atoms with E-state index in [0.29, 0.717) is 5.69 Å². The van der Waals surface area contributed by atoms with E-state index in [1.807, 2.05) is 35.1 Å². The highest BCUT2D eigenvalue weighted by atomic mass is 32.2. The van der Waals surface area contributed by atoms with Crippen LogP contribution in [-0.2, 0) is 14.8 Å². The minimum atomic E-state index is -3.86. The minimum absolute atomic E-state index is 0.0239. The highest BCUT2D eigenvalue weighted by molar-refractivity contribution is 7.90. The van der Waals surface area contributed by atoms with Crippen molar-refractivity contribution in [3.63, 3.8) is 0 Å². The summed E-state index contributed by atoms with van der Waals surface area (Å²) in [6.07, 6.45) is 1.61. The van der Waals surface area contributed by atoms with Crippen LogP contribution in [0.3, 0.4) is 0 Å². The Morgan fingerprint density at radius 2 is 1.72 bits per heavy atom. The van der Waals surface area contributed by atoms with Crippen molar-refractivity contribution < 1.29 is 17.7 Å². The monoisotopic (exact) mass is 356 g/mol. The van der Waals surface area contributed by atoms with Gasteiger partial charge >= 0.3 is 0 Å². The summed E-state index contributed by atoms with van der Waals surface area (Å²) in [5, 5.41) is 4.03. The number of nitrogens with one attached hydrogen (secondary N) is 1. The number of sulfonamides is 1. The molecule has 128 valence electrons. The zero-order valence-electron chi connectivity index (χ0n) is 13.5. The van der Waals surface area contributed by atoms with Gasteiger partial charge in [0, 0.05) is 17.5 Å². The molecule has 0 aliphatic heterocycles. The third-order valence-electron chi connectivity index (χ3n) is 3.66. The first-order chi connectivity index (χ1) is 12.0. The van der Waals surface area contributed by atoms with Crippen LogP contribution in [0.5, 0.6) is 0 Å². The lowest BCUT2D eigenvalue weighted by Crippen LogP contribution is -2.29. The van der Waals surface area contributed by atoms with E-state index in [-0.39, 0.29) is 11.3 Å². The minimum Gasteiger partial charge on any atom is -0.363 e. The Labute approximate surface area is 145 Å². The molecule has 0 unspecified atom stereocenters. The van der Waals surface area contributed by atoms with E-state index in [1.165, 1.54) is 18.4 Å². The van der Waals surface area contributed by atoms with Crippen LogP contribution in [0.2, 0.25) is 0 Å². The predicted octanol–water partition coefficient (Wildman–Crippen LogP) is 3.22. The summed E-state index contributed by atoms with van der Waals surface area (Å²) in [5.41, 5.74) is 3.10. The van der Waals surface area contributed by atoms with Crippen molar-refractivity contribution in [1.82, 2.24) is 9.88 Å². The highest BCUT2D eigenvalue weighted by Crippen LogP contribution is 2.31. The van der Waals surface area contributed by atoms with Crippen molar-refractivity contribution in [2.75, 3.05) is 0 Å². The fraction of sp³-hybridized carbons (Fsp3) is 0.111. The molecule has 1 aromatic heterocycles. The third-order valence-corrected chi connectivity index (χ3v) is 5.05. The number of carbonyl (C=O) groups excluding carboxylic acids is 1. The highest BCUT2D eigenvalue weighted by Gasteiger charge is 2.18. The van der Waals surface area contributed by atoms with Crippen LogP contribution in [0.25, 0.3) is 22.4 Å². The topological polar surface area (TPSA) is 89.3 Å². The summed E-state index contributed by atoms with van der Waals surface area (Å²) < 4.78 is 31.4. The van der Waals surface area contributed by atoms with Gasteiger partial charge in [0.2, 0.25) is 5.91 Å². The molecular weight excluding hydrogens is 340 g/mol. The first kappa shape index (κ1) is 16.9. The van der Waals surface area contributed by atoms with E-state index in [0.717, 1.165) is 16.7 Å². The number of hydrogen-bond acceptors (Lipinski definition) is 5. The van der Waals surface area contributed by atoms with Crippen LogP contribution in [0.4, 0.5) is 0 Å². The van der Waals surface area contributed by atoms with Crippen LogP contribution in [0.1, 0.15) is 13.3 Å². The number of nitrogens with zero attached hydrogens (tertiary/aromatic N) is 1. The molecular formula is C18H16N2O4S. The van der Waals surface area contributed by atoms with Gasteiger partial charge in [-0.1, -0.05) is 54.5 Å². The maximum atomic E-state index is 12.1. The molecule has 0 radical (unpaired) electrons. The average molecular weight is 356 g/mol. The molecule has 0 saturated heterocycles. The first-order valence-corrected chi connectivity index (χ1v) is 9.15. The third kappa shape index (κ3) is 3.61. The van der Waals surface area contributed by atoms with Gasteiger partial charge in [0.25, 0.3) is 10.0 Å². The van der Waals surface area contributed by atoms with Gasteiger partial charge in [0.05, 0.1) is 4.90 Å². The van der Waals surface area contributed by atoms with E-state index in [9.17, 15) is 13.2 Å². The van der Waals surface area contributed by atoms with Crippen molar-refractivity contribution >= 4 is 15.9 Å². The molecule has 1 amide bonds. The largest absolute Gasteiger partial charge is 0.363 e. The maximum Gasteiger partial charge on any atom is 0.264 e. The van der Waals surface area contributed by atoms with Gasteiger partial charge in [0.15, 0.2) is 0 Å². The van der Waals surface area contributed by atoms with Gasteiger partial charge in [-0.2, -0.15) is 0 Å². The van der Waals surface area contributed by atoms with Crippen molar-refractivity contribution in [2.45, 2.75) is 18.2 Å². The van der Waals surface area contributed by atoms with Crippen LogP contribution in [0.15, 0.2) is 70.3 Å². The normalized spacial score (nSPS) is 11.2. The summed E-state index contributed by atoms with van der Waals surface area (Å²) in [5.74, 6) is -0.547. The van der Waals surface area contributed by atoms with Gasteiger partial charge in [-0.15, -0.1) is 0 Å². The number of aromatic nitrogens is 1. The molecule has 0 aliphatic rings. The van der Waals surface area contributed by atoms with Gasteiger partial charge < -0.3 is 4.52 Å². The van der Waals surface area contributed by atoms with Crippen molar-refractivity contribution in [3.8, 4) is 22.4 Å². The number of amides is 1. The molecule has 7 heteroatoms. The summed E-state index contributed by atoms with van der Waals surface area (Å²) in [4.78, 5) is 11.4. The second-order valence-electron chi connectivity index (χ2n) is 5.35. The Balaban J connectivity index is 1.92. The fourth-order valence-electron chi connectivity index (χ4n) is 2.34. The summed E-state index contributed by atoms with van der Waals surface area (Å²) >= 11 is 0. The molecule has 0 fully saturated rings. The van der Waals surface area contributed by atoms with Crippen molar-refractivity contribution in [3.05, 3.63) is 60.9 Å². The molecule has 1 N–H and O–H groups in total. The molecule has 25 heavy (non-hydrogen) atoms. The number of hydrogen-bond donors (Lipinski definition) is 1. The standard InChI is InChI=1S/C18H16N2O4S/c1-2-17(21)20-25(22,23)15-10-8-13(9-11-15)16-12-24-19-18(16)14-6-4-3-5-7-14/h3-12H,2H2,1H3,(H,20,21). The predicted molar refractivity (Wildman–Crippen MR) is 93.0 cm³/mol. The average Bonchev–Trinajstić information content (AvgIpc) is 3.12. The van der Waals surface area contributed by atoms with Gasteiger partial charge in [0.1, 0.15) is 12.0 Å². The zero-order valence-corrected chi connectivity index (χ0v) is 14.3. The second-order valence-corrected chi connectivity index (χ2v) is 7.03. The smallest absolute Gasteiger partial charge is 0.264 e. The van der Waals surface area contributed by atoms with Crippen molar-refractivity contribution in [2.24, 2.45) is 0 Å². The first-order valence-electron chi connectivity index (χ1n) is 7.67. The Hall–Kier alpha value is -2.93. The van der Waals surface area contributed by atoms with Gasteiger partial charge in [-0.05, 0) is 17.7 Å². The van der Waals surface area contributed by atoms with Crippen molar-refractivity contribution in [1.29, 1.82) is 0 Å². The number of rotatable bonds is 5. The molecule has 6 nitrogen and oxygen atoms in total. The van der Waals surface area contributed by atoms with Gasteiger partial charge in [-0.3, -0.25) is 4.79 Å². The van der Waals surface area contributed by atoms with Crippen LogP contribution in [-0.4, -0.2) is 19.5 Å². The SMILES string of the molecule is CCC(=O)NS(=O)(=O)c1ccc(-c2conc2-c2ccccc2)cc1. The molecule has 0 saturated carbocycles. The van der Waals surface area contributed by atoms with Gasteiger partial charge in [-0.25, -0.2) is 13.1 Å². The molecule has 3 rings (SSSR count). The summed E-state index contributed by atoms with van der Waals surface area (Å²) in [6.45, 7) is 1.59. The lowest BCUT2D eigenvalue weighted by atomic mass is 10.0. The summed E-state index contributed by atoms with van der Waals surface area (Å²) in [7, 11) is -3.86. The summed E-state index contributed by atoms with van der Waals surface area (Å²) in [6, 6.07) is 15.8. The molecule has 0 bridgehead atoms. The zero-order chi connectivity index (χ0) is 17.9. The molecule has 3 aromatic rings. The molecule has 2 aromatic carbocycles. The number of benzene rings is 2. The molecule has 0 atom stereocenters. The molecule has 0 aliphatic carbocycles. The fourth-order valence-corrected chi connectivity index (χ4v) is 3.40. The van der Waals surface area contributed by atoms with E-state index < -0.39 is 15.9 Å². The Morgan fingerprint density at radius 1 is 1.04 bits per heavy atom.